The van der Waals surface area contributed by atoms with E-state index in [1.807, 2.05) is 12.1 Å². The summed E-state index contributed by atoms with van der Waals surface area (Å²) in [6.07, 6.45) is 5.48. The van der Waals surface area contributed by atoms with Gasteiger partial charge in [-0.05, 0) is 43.7 Å². The smallest absolute Gasteiger partial charge is 0.145 e. The molecule has 0 fully saturated rings. The van der Waals surface area contributed by atoms with Crippen LogP contribution in [-0.2, 0) is 12.8 Å². The van der Waals surface area contributed by atoms with E-state index in [-0.39, 0.29) is 0 Å². The van der Waals surface area contributed by atoms with Gasteiger partial charge < -0.3 is 10.2 Å². The molecule has 0 saturated carbocycles. The van der Waals surface area contributed by atoms with E-state index in [4.69, 9.17) is 15.6 Å². The van der Waals surface area contributed by atoms with Crippen molar-refractivity contribution in [3.05, 3.63) is 29.5 Å². The fourth-order valence-electron chi connectivity index (χ4n) is 2.91. The Morgan fingerprint density at radius 2 is 2.15 bits per heavy atom. The quantitative estimate of drug-likeness (QED) is 0.662. The van der Waals surface area contributed by atoms with E-state index in [0.29, 0.717) is 6.61 Å². The van der Waals surface area contributed by atoms with Crippen LogP contribution in [0, 0.1) is 0 Å². The highest BCUT2D eigenvalue weighted by molar-refractivity contribution is 5.96. The number of nitrogen functional groups attached to an aromatic ring is 1. The highest BCUT2D eigenvalue weighted by atomic mass is 16.5. The number of nitrogens with zero attached hydrogens (tertiary/aromatic N) is 1. The predicted molar refractivity (Wildman–Crippen MR) is 82.0 cm³/mol. The lowest BCUT2D eigenvalue weighted by Gasteiger charge is -2.21. The minimum Gasteiger partial charge on any atom is -0.491 e. The number of nitrogens with one attached hydrogen (secondary N) is 1. The Hall–Kier alpha value is -1.81. The maximum Gasteiger partial charge on any atom is 0.145 e. The Bertz CT molecular complexity index is 625. The number of benzene rings is 1. The van der Waals surface area contributed by atoms with Crippen LogP contribution in [0.1, 0.15) is 37.4 Å². The van der Waals surface area contributed by atoms with Crippen molar-refractivity contribution < 1.29 is 4.74 Å². The Balaban J connectivity index is 2.20. The summed E-state index contributed by atoms with van der Waals surface area (Å²) in [5.41, 5.74) is 7.28. The summed E-state index contributed by atoms with van der Waals surface area (Å²) >= 11 is 0. The van der Waals surface area contributed by atoms with Crippen molar-refractivity contribution in [2.24, 2.45) is 5.84 Å². The molecule has 0 amide bonds. The van der Waals surface area contributed by atoms with Crippen LogP contribution in [0.25, 0.3) is 10.9 Å². The van der Waals surface area contributed by atoms with E-state index >= 15 is 0 Å². The van der Waals surface area contributed by atoms with Gasteiger partial charge in [0.2, 0.25) is 0 Å². The number of hydrazine groups is 1. The third kappa shape index (κ3) is 2.20. The molecule has 1 aromatic carbocycles. The first-order valence-corrected chi connectivity index (χ1v) is 7.39. The average molecular weight is 271 g/mol. The average Bonchev–Trinajstić information content (AvgIpc) is 2.50. The molecule has 1 aliphatic rings. The molecule has 2 aromatic rings. The lowest BCUT2D eigenvalue weighted by Crippen LogP contribution is -2.15. The molecular weight excluding hydrogens is 250 g/mol. The van der Waals surface area contributed by atoms with Crippen molar-refractivity contribution in [1.82, 2.24) is 4.98 Å². The molecule has 0 unspecified atom stereocenters. The maximum atomic E-state index is 5.83. The van der Waals surface area contributed by atoms with Crippen LogP contribution in [0.2, 0.25) is 0 Å². The Morgan fingerprint density at radius 1 is 1.30 bits per heavy atom. The second-order valence-electron chi connectivity index (χ2n) is 5.26. The maximum absolute atomic E-state index is 5.83. The summed E-state index contributed by atoms with van der Waals surface area (Å²) in [6, 6.07) is 6.05. The van der Waals surface area contributed by atoms with Crippen LogP contribution in [0.15, 0.2) is 18.2 Å². The standard InChI is InChI=1S/C16H21N3O/c1-2-10-20-14-9-5-7-12-15(19-17)11-6-3-4-8-13(11)18-16(12)14/h5,7,9H,2-4,6,8,10,17H2,1H3,(H,18,19). The fraction of sp³-hybridized carbons (Fsp3) is 0.438. The van der Waals surface area contributed by atoms with Gasteiger partial charge in [-0.25, -0.2) is 4.98 Å². The van der Waals surface area contributed by atoms with Crippen LogP contribution in [0.5, 0.6) is 5.75 Å². The van der Waals surface area contributed by atoms with Crippen molar-refractivity contribution in [1.29, 1.82) is 0 Å². The molecule has 0 aliphatic heterocycles. The number of hydrogen-bond donors (Lipinski definition) is 2. The van der Waals surface area contributed by atoms with Gasteiger partial charge in [-0.1, -0.05) is 19.1 Å². The summed E-state index contributed by atoms with van der Waals surface area (Å²) in [4.78, 5) is 4.86. The molecule has 1 aromatic heterocycles. The number of anilines is 1. The van der Waals surface area contributed by atoms with Gasteiger partial charge in [0.1, 0.15) is 11.3 Å². The summed E-state index contributed by atoms with van der Waals surface area (Å²) in [6.45, 7) is 2.82. The third-order valence-corrected chi connectivity index (χ3v) is 3.86. The van der Waals surface area contributed by atoms with Gasteiger partial charge in [0, 0.05) is 11.1 Å². The van der Waals surface area contributed by atoms with Crippen LogP contribution in [0.3, 0.4) is 0 Å². The second-order valence-corrected chi connectivity index (χ2v) is 5.26. The zero-order chi connectivity index (χ0) is 13.9. The molecule has 4 nitrogen and oxygen atoms in total. The SMILES string of the molecule is CCCOc1cccc2c(NN)c3c(nc12)CCCC3. The molecule has 0 saturated heterocycles. The number of pyridine rings is 1. The fourth-order valence-corrected chi connectivity index (χ4v) is 2.91. The Labute approximate surface area is 119 Å². The van der Waals surface area contributed by atoms with Crippen molar-refractivity contribution in [2.45, 2.75) is 39.0 Å². The van der Waals surface area contributed by atoms with Gasteiger partial charge in [0.05, 0.1) is 12.3 Å². The van der Waals surface area contributed by atoms with Crippen molar-refractivity contribution in [3.8, 4) is 5.75 Å². The molecule has 4 heteroatoms. The Morgan fingerprint density at radius 3 is 2.95 bits per heavy atom. The molecule has 3 N–H and O–H groups in total. The normalized spacial score (nSPS) is 14.1. The van der Waals surface area contributed by atoms with Crippen LogP contribution >= 0.6 is 0 Å². The van der Waals surface area contributed by atoms with Gasteiger partial charge >= 0.3 is 0 Å². The number of fused-ring (bicyclic) bond motifs is 2. The zero-order valence-electron chi connectivity index (χ0n) is 11.9. The number of aryl methyl sites for hydroxylation is 1. The topological polar surface area (TPSA) is 60.2 Å². The number of nitrogens with two attached hydrogens (primary N) is 1. The van der Waals surface area contributed by atoms with E-state index in [0.717, 1.165) is 41.6 Å². The summed E-state index contributed by atoms with van der Waals surface area (Å²) in [5.74, 6) is 6.63. The first-order chi connectivity index (χ1) is 9.85. The van der Waals surface area contributed by atoms with E-state index in [1.165, 1.54) is 24.1 Å². The van der Waals surface area contributed by atoms with Crippen molar-refractivity contribution in [3.63, 3.8) is 0 Å². The largest absolute Gasteiger partial charge is 0.491 e. The summed E-state index contributed by atoms with van der Waals surface area (Å²) < 4.78 is 5.83. The first kappa shape index (κ1) is 13.2. The van der Waals surface area contributed by atoms with Gasteiger partial charge in [0.25, 0.3) is 0 Å². The molecule has 0 atom stereocenters. The molecule has 3 rings (SSSR count). The summed E-state index contributed by atoms with van der Waals surface area (Å²) in [5, 5.41) is 1.06. The zero-order valence-corrected chi connectivity index (χ0v) is 11.9. The number of para-hydroxylation sites is 1. The van der Waals surface area contributed by atoms with Gasteiger partial charge in [0.15, 0.2) is 0 Å². The molecular formula is C16H21N3O. The van der Waals surface area contributed by atoms with Crippen molar-refractivity contribution >= 4 is 16.6 Å². The van der Waals surface area contributed by atoms with Crippen molar-refractivity contribution in [2.75, 3.05) is 12.0 Å². The first-order valence-electron chi connectivity index (χ1n) is 7.39. The highest BCUT2D eigenvalue weighted by Gasteiger charge is 2.19. The molecule has 1 aliphatic carbocycles. The lowest BCUT2D eigenvalue weighted by atomic mass is 9.93. The molecule has 0 spiro atoms. The van der Waals surface area contributed by atoms with Gasteiger partial charge in [-0.15, -0.1) is 0 Å². The number of rotatable bonds is 4. The van der Waals surface area contributed by atoms with Gasteiger partial charge in [-0.2, -0.15) is 0 Å². The van der Waals surface area contributed by atoms with E-state index in [9.17, 15) is 0 Å². The van der Waals surface area contributed by atoms with E-state index in [1.54, 1.807) is 0 Å². The molecule has 20 heavy (non-hydrogen) atoms. The molecule has 0 radical (unpaired) electrons. The number of hydrogen-bond acceptors (Lipinski definition) is 4. The van der Waals surface area contributed by atoms with Crippen LogP contribution in [0.4, 0.5) is 5.69 Å². The second kappa shape index (κ2) is 5.67. The number of ether oxygens (including phenoxy) is 1. The van der Waals surface area contributed by atoms with Crippen LogP contribution < -0.4 is 16.0 Å². The molecule has 106 valence electrons. The van der Waals surface area contributed by atoms with Crippen LogP contribution in [-0.4, -0.2) is 11.6 Å². The van der Waals surface area contributed by atoms with Gasteiger partial charge in [-0.3, -0.25) is 5.84 Å². The third-order valence-electron chi connectivity index (χ3n) is 3.86. The lowest BCUT2D eigenvalue weighted by molar-refractivity contribution is 0.320. The summed E-state index contributed by atoms with van der Waals surface area (Å²) in [7, 11) is 0. The van der Waals surface area contributed by atoms with E-state index in [2.05, 4.69) is 18.4 Å². The predicted octanol–water partition coefficient (Wildman–Crippen LogP) is 3.19. The highest BCUT2D eigenvalue weighted by Crippen LogP contribution is 2.36. The minimum atomic E-state index is 0.712. The Kier molecular flexibility index (Phi) is 3.74. The molecule has 1 heterocycles. The number of aromatic nitrogens is 1. The minimum absolute atomic E-state index is 0.712. The monoisotopic (exact) mass is 271 g/mol. The molecule has 0 bridgehead atoms. The van der Waals surface area contributed by atoms with E-state index < -0.39 is 0 Å².